The molecule has 0 spiro atoms. The summed E-state index contributed by atoms with van der Waals surface area (Å²) < 4.78 is 39.2. The predicted molar refractivity (Wildman–Crippen MR) is 116 cm³/mol. The molecule has 0 fully saturated rings. The van der Waals surface area contributed by atoms with Crippen molar-refractivity contribution in [3.63, 3.8) is 0 Å². The van der Waals surface area contributed by atoms with Gasteiger partial charge in [0.2, 0.25) is 0 Å². The van der Waals surface area contributed by atoms with Gasteiger partial charge in [-0.2, -0.15) is 13.2 Å². The minimum absolute atomic E-state index is 0.205. The number of hydrogen-bond acceptors (Lipinski definition) is 2. The molecule has 1 N–H and O–H groups in total. The number of imidazole rings is 1. The summed E-state index contributed by atoms with van der Waals surface area (Å²) in [4.78, 5) is 20.3. The first-order valence-electron chi connectivity index (χ1n) is 8.96. The van der Waals surface area contributed by atoms with Gasteiger partial charge >= 0.3 is 6.18 Å². The van der Waals surface area contributed by atoms with Crippen LogP contribution in [-0.2, 0) is 12.6 Å². The van der Waals surface area contributed by atoms with Gasteiger partial charge in [0, 0.05) is 12.0 Å². The van der Waals surface area contributed by atoms with Gasteiger partial charge in [-0.15, -0.1) is 0 Å². The zero-order valence-corrected chi connectivity index (χ0v) is 17.8. The number of fused-ring (bicyclic) bond motifs is 1. The molecule has 9 heteroatoms. The Labute approximate surface area is 189 Å². The van der Waals surface area contributed by atoms with E-state index >= 15 is 0 Å². The smallest absolute Gasteiger partial charge is 0.338 e. The van der Waals surface area contributed by atoms with E-state index in [2.05, 4.69) is 9.97 Å². The molecule has 0 aliphatic carbocycles. The van der Waals surface area contributed by atoms with E-state index in [1.165, 1.54) is 6.07 Å². The largest absolute Gasteiger partial charge is 0.417 e. The Morgan fingerprint density at radius 2 is 1.65 bits per heavy atom. The second kappa shape index (κ2) is 8.19. The number of nitrogens with one attached hydrogen (secondary N) is 1. The van der Waals surface area contributed by atoms with Crippen LogP contribution >= 0.6 is 34.8 Å². The summed E-state index contributed by atoms with van der Waals surface area (Å²) in [6, 6.07) is 13.4. The van der Waals surface area contributed by atoms with Crippen molar-refractivity contribution in [3.8, 4) is 11.4 Å². The van der Waals surface area contributed by atoms with Crippen LogP contribution in [-0.4, -0.2) is 15.8 Å². The van der Waals surface area contributed by atoms with Gasteiger partial charge in [-0.25, -0.2) is 4.98 Å². The molecule has 0 aliphatic rings. The van der Waals surface area contributed by atoms with Gasteiger partial charge in [0.1, 0.15) is 5.82 Å². The number of aromatic nitrogens is 2. The molecule has 0 radical (unpaired) electrons. The van der Waals surface area contributed by atoms with Gasteiger partial charge in [0.25, 0.3) is 0 Å². The van der Waals surface area contributed by atoms with Crippen LogP contribution in [0.3, 0.4) is 0 Å². The maximum atomic E-state index is 13.1. The summed E-state index contributed by atoms with van der Waals surface area (Å²) in [6.45, 7) is 0. The highest BCUT2D eigenvalue weighted by molar-refractivity contribution is 6.39. The molecule has 0 aliphatic heterocycles. The van der Waals surface area contributed by atoms with Crippen molar-refractivity contribution in [2.75, 3.05) is 0 Å². The van der Waals surface area contributed by atoms with E-state index in [1.54, 1.807) is 36.4 Å². The quantitative estimate of drug-likeness (QED) is 0.303. The van der Waals surface area contributed by atoms with E-state index in [1.807, 2.05) is 0 Å². The number of alkyl halides is 3. The molecular weight excluding hydrogens is 472 g/mol. The lowest BCUT2D eigenvalue weighted by molar-refractivity contribution is -0.137. The van der Waals surface area contributed by atoms with Gasteiger partial charge in [0.15, 0.2) is 5.78 Å². The molecule has 0 saturated carbocycles. The summed E-state index contributed by atoms with van der Waals surface area (Å²) in [5, 5.41) is 0.436. The van der Waals surface area contributed by atoms with E-state index in [4.69, 9.17) is 34.8 Å². The monoisotopic (exact) mass is 482 g/mol. The van der Waals surface area contributed by atoms with Crippen molar-refractivity contribution in [2.45, 2.75) is 12.6 Å². The highest BCUT2D eigenvalue weighted by Gasteiger charge is 2.33. The topological polar surface area (TPSA) is 45.8 Å². The van der Waals surface area contributed by atoms with Gasteiger partial charge in [0.05, 0.1) is 37.2 Å². The van der Waals surface area contributed by atoms with Crippen LogP contribution in [0.1, 0.15) is 21.5 Å². The van der Waals surface area contributed by atoms with Gasteiger partial charge in [-0.1, -0.05) is 46.9 Å². The van der Waals surface area contributed by atoms with Crippen LogP contribution in [0, 0.1) is 0 Å². The Hall–Kier alpha value is -2.54. The molecule has 0 atom stereocenters. The van der Waals surface area contributed by atoms with Crippen molar-refractivity contribution in [3.05, 3.63) is 86.4 Å². The van der Waals surface area contributed by atoms with Crippen LogP contribution in [0.4, 0.5) is 13.2 Å². The normalized spacial score (nSPS) is 11.8. The number of hydrogen-bond donors (Lipinski definition) is 1. The Balaban J connectivity index is 1.64. The Morgan fingerprint density at radius 3 is 2.32 bits per heavy atom. The number of carbonyl (C=O) groups excluding carboxylic acids is 1. The standard InChI is InChI=1S/C22H12Cl3F3N2O/c23-14-6-4-11(8-13(14)22(26,27)28)9-19(31)12-5-7-17-18(10-12)30-21(29-17)20-15(24)2-1-3-16(20)25/h1-8,10H,9H2,(H,29,30). The lowest BCUT2D eigenvalue weighted by Gasteiger charge is -2.10. The molecule has 4 rings (SSSR count). The first-order valence-corrected chi connectivity index (χ1v) is 10.1. The fraction of sp³-hybridized carbons (Fsp3) is 0.0909. The average Bonchev–Trinajstić information content (AvgIpc) is 3.11. The number of benzene rings is 3. The van der Waals surface area contributed by atoms with Gasteiger partial charge in [-0.3, -0.25) is 4.79 Å². The number of Topliss-reactive ketones (excluding diaryl/α,β-unsaturated/α-hetero) is 1. The molecule has 3 aromatic carbocycles. The lowest BCUT2D eigenvalue weighted by Crippen LogP contribution is -2.09. The summed E-state index contributed by atoms with van der Waals surface area (Å²) >= 11 is 18.1. The van der Waals surface area contributed by atoms with Crippen molar-refractivity contribution in [1.82, 2.24) is 9.97 Å². The van der Waals surface area contributed by atoms with E-state index in [0.717, 1.165) is 12.1 Å². The van der Waals surface area contributed by atoms with Gasteiger partial charge in [-0.05, 0) is 48.0 Å². The van der Waals surface area contributed by atoms with Gasteiger partial charge < -0.3 is 4.98 Å². The summed E-state index contributed by atoms with van der Waals surface area (Å²) in [7, 11) is 0. The second-order valence-electron chi connectivity index (χ2n) is 6.83. The number of H-pyrrole nitrogens is 1. The molecule has 1 heterocycles. The minimum Gasteiger partial charge on any atom is -0.338 e. The Kier molecular flexibility index (Phi) is 5.73. The summed E-state index contributed by atoms with van der Waals surface area (Å²) in [6.07, 6.45) is -4.80. The highest BCUT2D eigenvalue weighted by Crippen LogP contribution is 2.36. The second-order valence-corrected chi connectivity index (χ2v) is 8.05. The third-order valence-electron chi connectivity index (χ3n) is 4.70. The predicted octanol–water partition coefficient (Wildman–Crippen LogP) is 7.63. The number of aromatic amines is 1. The zero-order valence-electron chi connectivity index (χ0n) is 15.5. The van der Waals surface area contributed by atoms with Crippen LogP contribution in [0.25, 0.3) is 22.4 Å². The first-order chi connectivity index (χ1) is 14.6. The van der Waals surface area contributed by atoms with Crippen molar-refractivity contribution in [2.24, 2.45) is 0 Å². The molecule has 158 valence electrons. The fourth-order valence-electron chi connectivity index (χ4n) is 3.21. The Morgan fingerprint density at radius 1 is 0.935 bits per heavy atom. The van der Waals surface area contributed by atoms with Crippen molar-refractivity contribution >= 4 is 51.6 Å². The molecule has 3 nitrogen and oxygen atoms in total. The SMILES string of the molecule is O=C(Cc1ccc(Cl)c(C(F)(F)F)c1)c1ccc2nc(-c3c(Cl)cccc3Cl)[nH]c2c1. The first kappa shape index (κ1) is 21.7. The van der Waals surface area contributed by atoms with Crippen LogP contribution in [0.15, 0.2) is 54.6 Å². The molecule has 0 bridgehead atoms. The number of nitrogens with zero attached hydrogens (tertiary/aromatic N) is 1. The van der Waals surface area contributed by atoms with E-state index in [9.17, 15) is 18.0 Å². The minimum atomic E-state index is -4.60. The third kappa shape index (κ3) is 4.42. The molecule has 31 heavy (non-hydrogen) atoms. The molecular formula is C22H12Cl3F3N2O. The third-order valence-corrected chi connectivity index (χ3v) is 5.66. The van der Waals surface area contributed by atoms with E-state index in [0.29, 0.717) is 38.0 Å². The fourth-order valence-corrected chi connectivity index (χ4v) is 4.01. The maximum absolute atomic E-state index is 13.1. The molecule has 4 aromatic rings. The van der Waals surface area contributed by atoms with Crippen LogP contribution < -0.4 is 0 Å². The van der Waals surface area contributed by atoms with E-state index < -0.39 is 16.8 Å². The Bertz CT molecular complexity index is 1300. The average molecular weight is 484 g/mol. The maximum Gasteiger partial charge on any atom is 0.417 e. The van der Waals surface area contributed by atoms with Crippen LogP contribution in [0.5, 0.6) is 0 Å². The number of ketones is 1. The van der Waals surface area contributed by atoms with Crippen molar-refractivity contribution in [1.29, 1.82) is 0 Å². The van der Waals surface area contributed by atoms with Crippen LogP contribution in [0.2, 0.25) is 15.1 Å². The number of carbonyl (C=O) groups is 1. The summed E-state index contributed by atoms with van der Waals surface area (Å²) in [5.74, 6) is 0.104. The highest BCUT2D eigenvalue weighted by atomic mass is 35.5. The lowest BCUT2D eigenvalue weighted by atomic mass is 10.0. The number of halogens is 6. The molecule has 0 amide bonds. The van der Waals surface area contributed by atoms with E-state index in [-0.39, 0.29) is 17.8 Å². The molecule has 0 saturated heterocycles. The summed E-state index contributed by atoms with van der Waals surface area (Å²) in [5.41, 5.74) is 1.28. The molecule has 1 aromatic heterocycles. The van der Waals surface area contributed by atoms with Crippen molar-refractivity contribution < 1.29 is 18.0 Å². The zero-order chi connectivity index (χ0) is 22.3. The molecule has 0 unspecified atom stereocenters. The number of rotatable bonds is 4.